The summed E-state index contributed by atoms with van der Waals surface area (Å²) in [6.07, 6.45) is 7.33. The third kappa shape index (κ3) is 4.82. The van der Waals surface area contributed by atoms with E-state index < -0.39 is 15.6 Å². The van der Waals surface area contributed by atoms with Crippen LogP contribution >= 0.6 is 11.8 Å². The summed E-state index contributed by atoms with van der Waals surface area (Å²) in [5, 5.41) is 7.79. The number of aryl methyl sites for hydroxylation is 1. The van der Waals surface area contributed by atoms with Crippen LogP contribution in [-0.4, -0.2) is 29.4 Å². The number of hydrogen-bond donors (Lipinski definition) is 1. The summed E-state index contributed by atoms with van der Waals surface area (Å²) in [6.45, 7) is 0. The number of aromatic nitrogens is 3. The highest BCUT2D eigenvalue weighted by Gasteiger charge is 2.26. The van der Waals surface area contributed by atoms with Gasteiger partial charge in [0, 0.05) is 12.2 Å². The third-order valence-electron chi connectivity index (χ3n) is 4.63. The topological polar surface area (TPSA) is 75.7 Å². The van der Waals surface area contributed by atoms with E-state index in [1.807, 2.05) is 0 Å². The molecular formula is C17H21F2N3O2S2. The number of alkyl halides is 2. The van der Waals surface area contributed by atoms with Crippen molar-refractivity contribution in [3.8, 4) is 0 Å². The van der Waals surface area contributed by atoms with Crippen molar-refractivity contribution < 1.29 is 17.2 Å². The van der Waals surface area contributed by atoms with Crippen molar-refractivity contribution in [3.63, 3.8) is 0 Å². The van der Waals surface area contributed by atoms with E-state index in [-0.39, 0.29) is 4.90 Å². The molecule has 0 radical (unpaired) electrons. The highest BCUT2D eigenvalue weighted by atomic mass is 32.2. The average Bonchev–Trinajstić information content (AvgIpc) is 3.30. The van der Waals surface area contributed by atoms with Gasteiger partial charge in [0.1, 0.15) is 5.82 Å². The second-order valence-corrected chi connectivity index (χ2v) is 9.35. The van der Waals surface area contributed by atoms with Gasteiger partial charge in [-0.25, -0.2) is 13.4 Å². The van der Waals surface area contributed by atoms with Crippen LogP contribution in [-0.2, 0) is 22.0 Å². The monoisotopic (exact) mass is 401 g/mol. The molecule has 26 heavy (non-hydrogen) atoms. The standard InChI is InChI=1S/C17H21F2N3O2S2/c18-16(19)26(23,24)14-8-5-13(6-9-14)11-25-17-20-15(21-22-17)10-7-12-3-1-2-4-12/h5-6,8-9,12,16H,1-4,7,10-11H2,(H,20,21,22). The number of hydrogen-bond acceptors (Lipinski definition) is 5. The maximum atomic E-state index is 12.5. The fourth-order valence-corrected chi connectivity index (χ4v) is 4.61. The van der Waals surface area contributed by atoms with Crippen LogP contribution in [0.2, 0.25) is 0 Å². The van der Waals surface area contributed by atoms with E-state index in [0.717, 1.165) is 30.1 Å². The molecule has 9 heteroatoms. The first-order valence-electron chi connectivity index (χ1n) is 8.60. The number of halogens is 2. The molecule has 0 unspecified atom stereocenters. The quantitative estimate of drug-likeness (QED) is 0.671. The minimum absolute atomic E-state index is 0.367. The Morgan fingerprint density at radius 2 is 1.88 bits per heavy atom. The Hall–Kier alpha value is -1.48. The van der Waals surface area contributed by atoms with E-state index in [1.165, 1.54) is 61.7 Å². The fraction of sp³-hybridized carbons (Fsp3) is 0.529. The van der Waals surface area contributed by atoms with E-state index >= 15 is 0 Å². The Balaban J connectivity index is 1.51. The van der Waals surface area contributed by atoms with Gasteiger partial charge < -0.3 is 0 Å². The van der Waals surface area contributed by atoms with Gasteiger partial charge in [0.2, 0.25) is 15.0 Å². The van der Waals surface area contributed by atoms with Gasteiger partial charge in [-0.2, -0.15) is 8.78 Å². The van der Waals surface area contributed by atoms with Crippen molar-refractivity contribution in [2.45, 2.75) is 60.1 Å². The van der Waals surface area contributed by atoms with Crippen molar-refractivity contribution in [3.05, 3.63) is 35.7 Å². The maximum absolute atomic E-state index is 12.5. The normalized spacial score (nSPS) is 15.8. The molecule has 1 heterocycles. The lowest BCUT2D eigenvalue weighted by molar-refractivity contribution is 0.234. The van der Waals surface area contributed by atoms with E-state index in [4.69, 9.17) is 0 Å². The van der Waals surface area contributed by atoms with Gasteiger partial charge in [-0.3, -0.25) is 5.10 Å². The first-order valence-corrected chi connectivity index (χ1v) is 11.1. The van der Waals surface area contributed by atoms with Crippen molar-refractivity contribution in [2.24, 2.45) is 5.92 Å². The van der Waals surface area contributed by atoms with Gasteiger partial charge >= 0.3 is 5.76 Å². The molecule has 0 saturated heterocycles. The highest BCUT2D eigenvalue weighted by molar-refractivity contribution is 7.98. The second-order valence-electron chi connectivity index (χ2n) is 6.49. The molecule has 0 aliphatic heterocycles. The van der Waals surface area contributed by atoms with Crippen LogP contribution in [0.4, 0.5) is 8.78 Å². The zero-order chi connectivity index (χ0) is 18.6. The maximum Gasteiger partial charge on any atom is 0.341 e. The number of nitrogens with zero attached hydrogens (tertiary/aromatic N) is 2. The van der Waals surface area contributed by atoms with Gasteiger partial charge in [0.25, 0.3) is 0 Å². The van der Waals surface area contributed by atoms with Crippen LogP contribution in [0.3, 0.4) is 0 Å². The number of rotatable bonds is 8. The minimum Gasteiger partial charge on any atom is -0.262 e. The summed E-state index contributed by atoms with van der Waals surface area (Å²) in [4.78, 5) is 4.10. The van der Waals surface area contributed by atoms with E-state index in [1.54, 1.807) is 0 Å². The second kappa shape index (κ2) is 8.47. The Morgan fingerprint density at radius 1 is 1.19 bits per heavy atom. The Kier molecular flexibility index (Phi) is 6.29. The lowest BCUT2D eigenvalue weighted by Crippen LogP contribution is -2.11. The molecule has 1 aromatic carbocycles. The number of benzene rings is 1. The number of aromatic amines is 1. The lowest BCUT2D eigenvalue weighted by atomic mass is 10.0. The molecule has 1 aromatic heterocycles. The average molecular weight is 402 g/mol. The van der Waals surface area contributed by atoms with Crippen LogP contribution in [0.1, 0.15) is 43.5 Å². The molecule has 2 aromatic rings. The molecule has 1 aliphatic rings. The van der Waals surface area contributed by atoms with Crippen LogP contribution < -0.4 is 0 Å². The zero-order valence-electron chi connectivity index (χ0n) is 14.2. The molecule has 5 nitrogen and oxygen atoms in total. The van der Waals surface area contributed by atoms with Crippen LogP contribution in [0.25, 0.3) is 0 Å². The molecule has 1 saturated carbocycles. The molecular weight excluding hydrogens is 380 g/mol. The van der Waals surface area contributed by atoms with Gasteiger partial charge in [-0.1, -0.05) is 49.6 Å². The Morgan fingerprint density at radius 3 is 2.54 bits per heavy atom. The van der Waals surface area contributed by atoms with Crippen molar-refractivity contribution in [1.82, 2.24) is 15.2 Å². The Labute approximate surface area is 155 Å². The van der Waals surface area contributed by atoms with Crippen LogP contribution in [0.15, 0.2) is 34.3 Å². The predicted octanol–water partition coefficient (Wildman–Crippen LogP) is 4.22. The van der Waals surface area contributed by atoms with E-state index in [9.17, 15) is 17.2 Å². The summed E-state index contributed by atoms with van der Waals surface area (Å²) in [5.41, 5.74) is 0.820. The van der Waals surface area contributed by atoms with Crippen LogP contribution in [0, 0.1) is 5.92 Å². The number of thioether (sulfide) groups is 1. The molecule has 1 N–H and O–H groups in total. The summed E-state index contributed by atoms with van der Waals surface area (Å²) >= 11 is 1.42. The van der Waals surface area contributed by atoms with E-state index in [2.05, 4.69) is 15.2 Å². The smallest absolute Gasteiger partial charge is 0.262 e. The molecule has 3 rings (SSSR count). The van der Waals surface area contributed by atoms with Gasteiger partial charge in [-0.15, -0.1) is 5.10 Å². The first kappa shape index (κ1) is 19.3. The lowest BCUT2D eigenvalue weighted by Gasteiger charge is -2.05. The van der Waals surface area contributed by atoms with Crippen LogP contribution in [0.5, 0.6) is 0 Å². The number of sulfone groups is 1. The van der Waals surface area contributed by atoms with Crippen molar-refractivity contribution >= 4 is 21.6 Å². The highest BCUT2D eigenvalue weighted by Crippen LogP contribution is 2.28. The summed E-state index contributed by atoms with van der Waals surface area (Å²) in [6, 6.07) is 5.50. The molecule has 0 amide bonds. The fourth-order valence-electron chi connectivity index (χ4n) is 3.12. The zero-order valence-corrected chi connectivity index (χ0v) is 15.8. The van der Waals surface area contributed by atoms with E-state index in [0.29, 0.717) is 10.9 Å². The Bertz CT molecular complexity index is 817. The predicted molar refractivity (Wildman–Crippen MR) is 95.9 cm³/mol. The first-order chi connectivity index (χ1) is 12.4. The van der Waals surface area contributed by atoms with Gasteiger partial charge in [0.15, 0.2) is 0 Å². The van der Waals surface area contributed by atoms with Crippen molar-refractivity contribution in [1.29, 1.82) is 0 Å². The SMILES string of the molecule is O=S(=O)(c1ccc(CSc2n[nH]c(CCC3CCCC3)n2)cc1)C(F)F. The molecule has 0 bridgehead atoms. The summed E-state index contributed by atoms with van der Waals surface area (Å²) in [5.74, 6) is -1.18. The largest absolute Gasteiger partial charge is 0.341 e. The summed E-state index contributed by atoms with van der Waals surface area (Å²) in [7, 11) is -4.54. The number of H-pyrrole nitrogens is 1. The molecule has 0 spiro atoms. The number of nitrogens with one attached hydrogen (secondary N) is 1. The summed E-state index contributed by atoms with van der Waals surface area (Å²) < 4.78 is 47.8. The molecule has 0 atom stereocenters. The molecule has 1 fully saturated rings. The molecule has 1 aliphatic carbocycles. The van der Waals surface area contributed by atoms with Gasteiger partial charge in [-0.05, 0) is 30.0 Å². The van der Waals surface area contributed by atoms with Crippen molar-refractivity contribution in [2.75, 3.05) is 0 Å². The minimum atomic E-state index is -4.54. The van der Waals surface area contributed by atoms with Gasteiger partial charge in [0.05, 0.1) is 4.90 Å². The molecule has 142 valence electrons. The third-order valence-corrected chi connectivity index (χ3v) is 6.95.